The molecule has 0 unspecified atom stereocenters. The maximum atomic E-state index is 12.0. The normalized spacial score (nSPS) is 10.8. The zero-order chi connectivity index (χ0) is 11.3. The third kappa shape index (κ3) is 5.23. The summed E-state index contributed by atoms with van der Waals surface area (Å²) in [6, 6.07) is 6.15. The van der Waals surface area contributed by atoms with Gasteiger partial charge in [0.1, 0.15) is 5.75 Å². The quantitative estimate of drug-likeness (QED) is 0.893. The molecule has 0 aliphatic rings. The second-order valence-corrected chi connectivity index (χ2v) is 3.01. The molecule has 0 aliphatic heterocycles. The Morgan fingerprint density at radius 3 is 2.44 bits per heavy atom. The molecular formula is C10H13ClF3NO. The van der Waals surface area contributed by atoms with Gasteiger partial charge in [0.05, 0.1) is 0 Å². The van der Waals surface area contributed by atoms with E-state index in [0.29, 0.717) is 18.5 Å². The van der Waals surface area contributed by atoms with Crippen LogP contribution >= 0.6 is 12.4 Å². The standard InChI is InChI=1S/C10H12F3NO.ClH/c1-14-7-6-8-4-2-3-5-9(8)15-10(11,12)13;/h2-5,14H,6-7H2,1H3;1H. The first kappa shape index (κ1) is 15.1. The Kier molecular flexibility index (Phi) is 6.21. The van der Waals surface area contributed by atoms with Gasteiger partial charge in [0.15, 0.2) is 0 Å². The molecule has 2 nitrogen and oxygen atoms in total. The van der Waals surface area contributed by atoms with E-state index in [-0.39, 0.29) is 18.2 Å². The molecule has 0 saturated heterocycles. The van der Waals surface area contributed by atoms with E-state index in [4.69, 9.17) is 0 Å². The van der Waals surface area contributed by atoms with Crippen molar-refractivity contribution in [2.24, 2.45) is 0 Å². The number of hydrogen-bond donors (Lipinski definition) is 1. The van der Waals surface area contributed by atoms with Crippen molar-refractivity contribution < 1.29 is 17.9 Å². The first-order valence-corrected chi connectivity index (χ1v) is 4.51. The molecule has 0 bridgehead atoms. The van der Waals surface area contributed by atoms with Gasteiger partial charge in [-0.3, -0.25) is 0 Å². The monoisotopic (exact) mass is 255 g/mol. The lowest BCUT2D eigenvalue weighted by Gasteiger charge is -2.12. The molecule has 1 aromatic rings. The van der Waals surface area contributed by atoms with E-state index in [9.17, 15) is 13.2 Å². The van der Waals surface area contributed by atoms with E-state index in [2.05, 4.69) is 10.1 Å². The van der Waals surface area contributed by atoms with Gasteiger partial charge in [-0.15, -0.1) is 25.6 Å². The molecule has 0 heterocycles. The molecule has 0 aliphatic carbocycles. The summed E-state index contributed by atoms with van der Waals surface area (Å²) in [6.07, 6.45) is -4.13. The molecule has 0 spiro atoms. The molecule has 16 heavy (non-hydrogen) atoms. The highest BCUT2D eigenvalue weighted by Crippen LogP contribution is 2.26. The summed E-state index contributed by atoms with van der Waals surface area (Å²) in [6.45, 7) is 0.609. The number of nitrogens with one attached hydrogen (secondary N) is 1. The summed E-state index contributed by atoms with van der Waals surface area (Å²) >= 11 is 0. The van der Waals surface area contributed by atoms with Gasteiger partial charge in [0, 0.05) is 0 Å². The number of ether oxygens (including phenoxy) is 1. The summed E-state index contributed by atoms with van der Waals surface area (Å²) in [7, 11) is 1.74. The number of alkyl halides is 3. The van der Waals surface area contributed by atoms with E-state index in [1.54, 1.807) is 19.2 Å². The maximum Gasteiger partial charge on any atom is 0.573 e. The third-order valence-electron chi connectivity index (χ3n) is 1.84. The Balaban J connectivity index is 0.00000225. The molecule has 0 atom stereocenters. The van der Waals surface area contributed by atoms with Crippen LogP contribution in [0, 0.1) is 0 Å². The van der Waals surface area contributed by atoms with E-state index in [1.807, 2.05) is 0 Å². The molecule has 1 N–H and O–H groups in total. The molecular weight excluding hydrogens is 243 g/mol. The van der Waals surface area contributed by atoms with Gasteiger partial charge >= 0.3 is 6.36 Å². The van der Waals surface area contributed by atoms with Gasteiger partial charge in [-0.25, -0.2) is 0 Å². The van der Waals surface area contributed by atoms with Gasteiger partial charge in [-0.05, 0) is 31.6 Å². The van der Waals surface area contributed by atoms with Crippen molar-refractivity contribution in [1.82, 2.24) is 5.32 Å². The SMILES string of the molecule is CNCCc1ccccc1OC(F)(F)F.Cl. The van der Waals surface area contributed by atoms with Crippen LogP contribution in [0.5, 0.6) is 5.75 Å². The highest BCUT2D eigenvalue weighted by molar-refractivity contribution is 5.85. The van der Waals surface area contributed by atoms with Crippen LogP contribution in [0.2, 0.25) is 0 Å². The van der Waals surface area contributed by atoms with Crippen molar-refractivity contribution in [3.8, 4) is 5.75 Å². The van der Waals surface area contributed by atoms with Crippen LogP contribution in [0.25, 0.3) is 0 Å². The average Bonchev–Trinajstić information content (AvgIpc) is 2.14. The van der Waals surface area contributed by atoms with E-state index in [0.717, 1.165) is 0 Å². The van der Waals surface area contributed by atoms with Gasteiger partial charge < -0.3 is 10.1 Å². The number of benzene rings is 1. The van der Waals surface area contributed by atoms with Gasteiger partial charge in [-0.1, -0.05) is 18.2 Å². The summed E-state index contributed by atoms with van der Waals surface area (Å²) in [5.74, 6) is -0.125. The first-order chi connectivity index (χ1) is 7.03. The van der Waals surface area contributed by atoms with Crippen LogP contribution in [0.3, 0.4) is 0 Å². The van der Waals surface area contributed by atoms with Gasteiger partial charge in [-0.2, -0.15) is 0 Å². The van der Waals surface area contributed by atoms with Gasteiger partial charge in [0.25, 0.3) is 0 Å². The van der Waals surface area contributed by atoms with E-state index < -0.39 is 6.36 Å². The highest BCUT2D eigenvalue weighted by atomic mass is 35.5. The van der Waals surface area contributed by atoms with Crippen LogP contribution in [0.15, 0.2) is 24.3 Å². The van der Waals surface area contributed by atoms with Crippen LogP contribution in [0.1, 0.15) is 5.56 Å². The van der Waals surface area contributed by atoms with E-state index in [1.165, 1.54) is 12.1 Å². The van der Waals surface area contributed by atoms with E-state index >= 15 is 0 Å². The minimum Gasteiger partial charge on any atom is -0.406 e. The fourth-order valence-electron chi connectivity index (χ4n) is 1.19. The Morgan fingerprint density at radius 2 is 1.88 bits per heavy atom. The third-order valence-corrected chi connectivity index (χ3v) is 1.84. The topological polar surface area (TPSA) is 21.3 Å². The smallest absolute Gasteiger partial charge is 0.406 e. The van der Waals surface area contributed by atoms with Crippen LogP contribution < -0.4 is 10.1 Å². The lowest BCUT2D eigenvalue weighted by molar-refractivity contribution is -0.274. The lowest BCUT2D eigenvalue weighted by Crippen LogP contribution is -2.19. The molecule has 0 fully saturated rings. The minimum absolute atomic E-state index is 0. The predicted molar refractivity (Wildman–Crippen MR) is 58.0 cm³/mol. The number of halogens is 4. The number of hydrogen-bond acceptors (Lipinski definition) is 2. The Hall–Kier alpha value is -0.940. The lowest BCUT2D eigenvalue weighted by atomic mass is 10.1. The Labute approximate surface area is 98.2 Å². The van der Waals surface area contributed by atoms with Crippen LogP contribution in [-0.4, -0.2) is 20.0 Å². The number of para-hydroxylation sites is 1. The molecule has 0 aromatic heterocycles. The number of likely N-dealkylation sites (N-methyl/N-ethyl adjacent to an activating group) is 1. The number of rotatable bonds is 4. The molecule has 0 radical (unpaired) electrons. The van der Waals surface area contributed by atoms with Crippen molar-refractivity contribution in [3.05, 3.63) is 29.8 Å². The van der Waals surface area contributed by atoms with Crippen molar-refractivity contribution >= 4 is 12.4 Å². The van der Waals surface area contributed by atoms with Crippen LogP contribution in [-0.2, 0) is 6.42 Å². The fourth-order valence-corrected chi connectivity index (χ4v) is 1.19. The van der Waals surface area contributed by atoms with Crippen LogP contribution in [0.4, 0.5) is 13.2 Å². The second-order valence-electron chi connectivity index (χ2n) is 3.01. The Morgan fingerprint density at radius 1 is 1.25 bits per heavy atom. The predicted octanol–water partition coefficient (Wildman–Crippen LogP) is 2.77. The zero-order valence-electron chi connectivity index (χ0n) is 8.67. The minimum atomic E-state index is -4.63. The molecule has 0 saturated carbocycles. The summed E-state index contributed by atoms with van der Waals surface area (Å²) in [5, 5.41) is 2.87. The molecule has 1 aromatic carbocycles. The summed E-state index contributed by atoms with van der Waals surface area (Å²) < 4.78 is 39.9. The highest BCUT2D eigenvalue weighted by Gasteiger charge is 2.31. The Bertz CT molecular complexity index is 317. The maximum absolute atomic E-state index is 12.0. The molecule has 1 rings (SSSR count). The van der Waals surface area contributed by atoms with Gasteiger partial charge in [0.2, 0.25) is 0 Å². The molecule has 92 valence electrons. The second kappa shape index (κ2) is 6.60. The average molecular weight is 256 g/mol. The summed E-state index contributed by atoms with van der Waals surface area (Å²) in [4.78, 5) is 0. The zero-order valence-corrected chi connectivity index (χ0v) is 9.49. The first-order valence-electron chi connectivity index (χ1n) is 4.51. The molecule has 6 heteroatoms. The van der Waals surface area contributed by atoms with Crippen molar-refractivity contribution in [1.29, 1.82) is 0 Å². The van der Waals surface area contributed by atoms with Crippen molar-refractivity contribution in [2.75, 3.05) is 13.6 Å². The van der Waals surface area contributed by atoms with Crippen molar-refractivity contribution in [3.63, 3.8) is 0 Å². The largest absolute Gasteiger partial charge is 0.573 e. The molecule has 0 amide bonds. The fraction of sp³-hybridized carbons (Fsp3) is 0.400. The van der Waals surface area contributed by atoms with Crippen molar-refractivity contribution in [2.45, 2.75) is 12.8 Å². The summed E-state index contributed by atoms with van der Waals surface area (Å²) in [5.41, 5.74) is 0.546.